The molecule has 2 unspecified atom stereocenters. The third-order valence-electron chi connectivity index (χ3n) is 4.21. The number of allylic oxidation sites excluding steroid dienone is 1. The summed E-state index contributed by atoms with van der Waals surface area (Å²) in [4.78, 5) is 7.60. The molecule has 1 saturated heterocycles. The summed E-state index contributed by atoms with van der Waals surface area (Å²) < 4.78 is 0. The smallest absolute Gasteiger partial charge is 0.0656 e. The molecule has 1 saturated carbocycles. The summed E-state index contributed by atoms with van der Waals surface area (Å²) in [6.45, 7) is 0. The molecule has 2 bridgehead atoms. The number of hydrogen-bond donors (Lipinski definition) is 1. The average Bonchev–Trinajstić information content (AvgIpc) is 3.08. The van der Waals surface area contributed by atoms with Crippen LogP contribution in [0.4, 0.5) is 0 Å². The zero-order chi connectivity index (χ0) is 12.0. The number of fused-ring (bicyclic) bond motifs is 2. The predicted octanol–water partition coefficient (Wildman–Crippen LogP) is 2.54. The quantitative estimate of drug-likeness (QED) is 0.784. The minimum atomic E-state index is 0.479. The summed E-state index contributed by atoms with van der Waals surface area (Å²) in [5.41, 5.74) is 6.97. The lowest BCUT2D eigenvalue weighted by atomic mass is 9.98. The van der Waals surface area contributed by atoms with E-state index in [2.05, 4.69) is 17.4 Å². The molecule has 3 rings (SSSR count). The first-order chi connectivity index (χ1) is 8.22. The molecule has 0 aromatic carbocycles. The fraction of sp³-hybridized carbons (Fsp3) is 0.692. The standard InChI is InChI=1S/C13H19ClN2O/c1-16-9-5-6-11(16)12(10(14)7-9)13(15-17-2)8-3-4-8/h9,11,15H,3-7H2,1-2H3. The highest BCUT2D eigenvalue weighted by atomic mass is 35.5. The number of rotatable bonds is 3. The van der Waals surface area contributed by atoms with Crippen molar-refractivity contribution in [3.8, 4) is 0 Å². The molecule has 0 spiro atoms. The number of hydrogen-bond acceptors (Lipinski definition) is 3. The van der Waals surface area contributed by atoms with Crippen molar-refractivity contribution < 1.29 is 4.84 Å². The highest BCUT2D eigenvalue weighted by molar-refractivity contribution is 6.30. The second-order valence-corrected chi connectivity index (χ2v) is 5.68. The van der Waals surface area contributed by atoms with Gasteiger partial charge in [0.1, 0.15) is 0 Å². The minimum absolute atomic E-state index is 0.479. The second-order valence-electron chi connectivity index (χ2n) is 5.22. The molecule has 1 N–H and O–H groups in total. The molecule has 3 aliphatic rings. The molecule has 0 radical (unpaired) electrons. The summed E-state index contributed by atoms with van der Waals surface area (Å²) in [5.74, 6) is 0. The van der Waals surface area contributed by atoms with E-state index in [1.165, 1.54) is 36.8 Å². The molecule has 2 atom stereocenters. The van der Waals surface area contributed by atoms with Crippen molar-refractivity contribution in [3.63, 3.8) is 0 Å². The van der Waals surface area contributed by atoms with Gasteiger partial charge in [-0.15, -0.1) is 0 Å². The first-order valence-electron chi connectivity index (χ1n) is 6.34. The van der Waals surface area contributed by atoms with Gasteiger partial charge in [-0.05, 0) is 44.7 Å². The van der Waals surface area contributed by atoms with E-state index in [1.807, 2.05) is 0 Å². The monoisotopic (exact) mass is 254 g/mol. The molecule has 0 aromatic heterocycles. The molecule has 1 aliphatic carbocycles. The van der Waals surface area contributed by atoms with Crippen LogP contribution >= 0.6 is 11.6 Å². The predicted molar refractivity (Wildman–Crippen MR) is 68.5 cm³/mol. The molecule has 4 heteroatoms. The van der Waals surface area contributed by atoms with Crippen LogP contribution in [0.5, 0.6) is 0 Å². The van der Waals surface area contributed by atoms with Crippen LogP contribution in [0.2, 0.25) is 0 Å². The summed E-state index contributed by atoms with van der Waals surface area (Å²) in [7, 11) is 3.88. The van der Waals surface area contributed by atoms with E-state index >= 15 is 0 Å². The van der Waals surface area contributed by atoms with Gasteiger partial charge in [-0.2, -0.15) is 0 Å². The molecular weight excluding hydrogens is 236 g/mol. The lowest BCUT2D eigenvalue weighted by Crippen LogP contribution is -2.39. The van der Waals surface area contributed by atoms with E-state index in [4.69, 9.17) is 16.4 Å². The van der Waals surface area contributed by atoms with Crippen molar-refractivity contribution in [2.75, 3.05) is 14.2 Å². The van der Waals surface area contributed by atoms with E-state index in [1.54, 1.807) is 7.11 Å². The van der Waals surface area contributed by atoms with Crippen molar-refractivity contribution in [2.24, 2.45) is 0 Å². The van der Waals surface area contributed by atoms with Crippen LogP contribution in [0.25, 0.3) is 0 Å². The Bertz CT molecular complexity index is 396. The first kappa shape index (κ1) is 11.6. The van der Waals surface area contributed by atoms with Crippen LogP contribution in [0.15, 0.2) is 21.9 Å². The lowest BCUT2D eigenvalue weighted by molar-refractivity contribution is 0.116. The average molecular weight is 255 g/mol. The maximum atomic E-state index is 6.50. The summed E-state index contributed by atoms with van der Waals surface area (Å²) in [6.07, 6.45) is 5.83. The maximum Gasteiger partial charge on any atom is 0.0656 e. The number of likely N-dealkylation sites (N-methyl/N-ethyl adjacent to an activating group) is 1. The molecule has 2 fully saturated rings. The van der Waals surface area contributed by atoms with Crippen LogP contribution in [0.3, 0.4) is 0 Å². The number of nitrogens with one attached hydrogen (secondary N) is 1. The van der Waals surface area contributed by atoms with Crippen molar-refractivity contribution in [1.82, 2.24) is 10.4 Å². The Morgan fingerprint density at radius 3 is 2.82 bits per heavy atom. The van der Waals surface area contributed by atoms with Crippen LogP contribution in [0.1, 0.15) is 32.1 Å². The highest BCUT2D eigenvalue weighted by Gasteiger charge is 2.41. The van der Waals surface area contributed by atoms with Gasteiger partial charge in [0.05, 0.1) is 12.8 Å². The van der Waals surface area contributed by atoms with Crippen molar-refractivity contribution >= 4 is 11.6 Å². The summed E-state index contributed by atoms with van der Waals surface area (Å²) in [6, 6.07) is 1.12. The molecular formula is C13H19ClN2O. The minimum Gasteiger partial charge on any atom is -0.296 e. The SMILES string of the molecule is CONC(=C1CC1)C1=C(Cl)CC2CCC1N2C. The fourth-order valence-electron chi connectivity index (χ4n) is 3.14. The Labute approximate surface area is 107 Å². The van der Waals surface area contributed by atoms with Gasteiger partial charge in [-0.3, -0.25) is 15.2 Å². The van der Waals surface area contributed by atoms with E-state index in [0.29, 0.717) is 12.1 Å². The summed E-state index contributed by atoms with van der Waals surface area (Å²) in [5, 5.41) is 1.04. The lowest BCUT2D eigenvalue weighted by Gasteiger charge is -2.34. The first-order valence-corrected chi connectivity index (χ1v) is 6.72. The molecule has 2 heterocycles. The third-order valence-corrected chi connectivity index (χ3v) is 4.57. The van der Waals surface area contributed by atoms with Gasteiger partial charge in [0.2, 0.25) is 0 Å². The molecule has 17 heavy (non-hydrogen) atoms. The van der Waals surface area contributed by atoms with Crippen molar-refractivity contribution in [2.45, 2.75) is 44.2 Å². The summed E-state index contributed by atoms with van der Waals surface area (Å²) >= 11 is 6.50. The Hall–Kier alpha value is -0.510. The fourth-order valence-corrected chi connectivity index (χ4v) is 3.54. The molecule has 3 nitrogen and oxygen atoms in total. The van der Waals surface area contributed by atoms with Crippen molar-refractivity contribution in [1.29, 1.82) is 0 Å². The Balaban J connectivity index is 1.97. The van der Waals surface area contributed by atoms with Gasteiger partial charge in [0.25, 0.3) is 0 Å². The van der Waals surface area contributed by atoms with E-state index in [-0.39, 0.29) is 0 Å². The van der Waals surface area contributed by atoms with Crippen LogP contribution < -0.4 is 5.48 Å². The van der Waals surface area contributed by atoms with Gasteiger partial charge in [-0.25, -0.2) is 0 Å². The van der Waals surface area contributed by atoms with Crippen LogP contribution in [0, 0.1) is 0 Å². The van der Waals surface area contributed by atoms with Gasteiger partial charge >= 0.3 is 0 Å². The Kier molecular flexibility index (Phi) is 2.93. The zero-order valence-electron chi connectivity index (χ0n) is 10.4. The molecule has 0 aromatic rings. The third kappa shape index (κ3) is 1.90. The number of halogens is 1. The second kappa shape index (κ2) is 4.30. The maximum absolute atomic E-state index is 6.50. The van der Waals surface area contributed by atoms with Gasteiger partial charge in [-0.1, -0.05) is 11.6 Å². The highest BCUT2D eigenvalue weighted by Crippen LogP contribution is 2.45. The van der Waals surface area contributed by atoms with E-state index in [9.17, 15) is 0 Å². The van der Waals surface area contributed by atoms with Crippen LogP contribution in [-0.2, 0) is 4.84 Å². The molecule has 0 amide bonds. The Morgan fingerprint density at radius 2 is 2.18 bits per heavy atom. The van der Waals surface area contributed by atoms with E-state index in [0.717, 1.165) is 17.2 Å². The van der Waals surface area contributed by atoms with Gasteiger partial charge < -0.3 is 0 Å². The zero-order valence-corrected chi connectivity index (χ0v) is 11.2. The van der Waals surface area contributed by atoms with E-state index < -0.39 is 0 Å². The largest absolute Gasteiger partial charge is 0.296 e. The molecule has 2 aliphatic heterocycles. The van der Waals surface area contributed by atoms with Gasteiger partial charge in [0, 0.05) is 22.7 Å². The normalized spacial score (nSPS) is 32.1. The van der Waals surface area contributed by atoms with Crippen molar-refractivity contribution in [3.05, 3.63) is 21.9 Å². The van der Waals surface area contributed by atoms with Crippen LogP contribution in [-0.4, -0.2) is 31.1 Å². The van der Waals surface area contributed by atoms with Gasteiger partial charge in [0.15, 0.2) is 0 Å². The number of hydroxylamine groups is 1. The number of nitrogens with zero attached hydrogens (tertiary/aromatic N) is 1. The Morgan fingerprint density at radius 1 is 1.41 bits per heavy atom. The molecule has 94 valence electrons. The topological polar surface area (TPSA) is 24.5 Å².